The summed E-state index contributed by atoms with van der Waals surface area (Å²) in [5.41, 5.74) is 0.876. The monoisotopic (exact) mass is 250 g/mol. The SMILES string of the molecule is CCCCC(C)C(=O)CCc1ccc(O)c(O)c1. The van der Waals surface area contributed by atoms with E-state index >= 15 is 0 Å². The molecule has 2 N–H and O–H groups in total. The van der Waals surface area contributed by atoms with E-state index in [0.717, 1.165) is 24.8 Å². The number of phenolic OH excluding ortho intramolecular Hbond substituents is 2. The van der Waals surface area contributed by atoms with Crippen LogP contribution in [0.15, 0.2) is 18.2 Å². The van der Waals surface area contributed by atoms with Crippen molar-refractivity contribution in [2.45, 2.75) is 46.0 Å². The first-order chi connectivity index (χ1) is 8.54. The molecule has 1 aromatic carbocycles. The van der Waals surface area contributed by atoms with Crippen LogP contribution in [0.2, 0.25) is 0 Å². The summed E-state index contributed by atoms with van der Waals surface area (Å²) in [6.07, 6.45) is 4.27. The number of benzene rings is 1. The second-order valence-corrected chi connectivity index (χ2v) is 4.83. The van der Waals surface area contributed by atoms with Gasteiger partial charge < -0.3 is 10.2 Å². The Balaban J connectivity index is 2.44. The van der Waals surface area contributed by atoms with Gasteiger partial charge in [-0.15, -0.1) is 0 Å². The summed E-state index contributed by atoms with van der Waals surface area (Å²) in [4.78, 5) is 11.9. The van der Waals surface area contributed by atoms with Crippen molar-refractivity contribution in [1.29, 1.82) is 0 Å². The van der Waals surface area contributed by atoms with E-state index in [1.807, 2.05) is 6.92 Å². The van der Waals surface area contributed by atoms with E-state index in [4.69, 9.17) is 0 Å². The number of rotatable bonds is 7. The Hall–Kier alpha value is -1.51. The normalized spacial score (nSPS) is 12.3. The zero-order chi connectivity index (χ0) is 13.5. The van der Waals surface area contributed by atoms with Crippen molar-refractivity contribution < 1.29 is 15.0 Å². The van der Waals surface area contributed by atoms with E-state index in [1.54, 1.807) is 6.07 Å². The quantitative estimate of drug-likeness (QED) is 0.729. The third-order valence-electron chi connectivity index (χ3n) is 3.24. The number of aryl methyl sites for hydroxylation is 1. The Morgan fingerprint density at radius 3 is 2.61 bits per heavy atom. The lowest BCUT2D eigenvalue weighted by molar-refractivity contribution is -0.122. The van der Waals surface area contributed by atoms with Crippen molar-refractivity contribution in [2.75, 3.05) is 0 Å². The second-order valence-electron chi connectivity index (χ2n) is 4.83. The van der Waals surface area contributed by atoms with Gasteiger partial charge in [-0.25, -0.2) is 0 Å². The molecule has 1 unspecified atom stereocenters. The fourth-order valence-corrected chi connectivity index (χ4v) is 1.91. The molecule has 0 radical (unpaired) electrons. The standard InChI is InChI=1S/C15H22O3/c1-3-4-5-11(2)13(16)8-6-12-7-9-14(17)15(18)10-12/h7,9-11,17-18H,3-6,8H2,1-2H3. The number of unbranched alkanes of at least 4 members (excludes halogenated alkanes) is 1. The third-order valence-corrected chi connectivity index (χ3v) is 3.24. The highest BCUT2D eigenvalue weighted by Crippen LogP contribution is 2.25. The van der Waals surface area contributed by atoms with Gasteiger partial charge in [0.05, 0.1) is 0 Å². The van der Waals surface area contributed by atoms with Crippen LogP contribution in [0.1, 0.15) is 45.1 Å². The molecule has 0 amide bonds. The first kappa shape index (κ1) is 14.6. The Labute approximate surface area is 108 Å². The number of hydrogen-bond acceptors (Lipinski definition) is 3. The summed E-state index contributed by atoms with van der Waals surface area (Å²) in [6.45, 7) is 4.10. The predicted molar refractivity (Wildman–Crippen MR) is 71.8 cm³/mol. The zero-order valence-corrected chi connectivity index (χ0v) is 11.1. The van der Waals surface area contributed by atoms with Crippen molar-refractivity contribution in [3.63, 3.8) is 0 Å². The molecule has 0 saturated carbocycles. The Bertz CT molecular complexity index is 399. The van der Waals surface area contributed by atoms with Crippen LogP contribution in [0.4, 0.5) is 0 Å². The third kappa shape index (κ3) is 4.40. The van der Waals surface area contributed by atoms with Gasteiger partial charge in [-0.2, -0.15) is 0 Å². The minimum atomic E-state index is -0.126. The predicted octanol–water partition coefficient (Wildman–Crippen LogP) is 3.43. The molecular weight excluding hydrogens is 228 g/mol. The fraction of sp³-hybridized carbons (Fsp3) is 0.533. The Kier molecular flexibility index (Phi) is 5.69. The Morgan fingerprint density at radius 2 is 2.00 bits per heavy atom. The lowest BCUT2D eigenvalue weighted by Gasteiger charge is -2.09. The van der Waals surface area contributed by atoms with Gasteiger partial charge in [-0.1, -0.05) is 32.8 Å². The van der Waals surface area contributed by atoms with Crippen LogP contribution in [0.3, 0.4) is 0 Å². The first-order valence-corrected chi connectivity index (χ1v) is 6.58. The first-order valence-electron chi connectivity index (χ1n) is 6.58. The van der Waals surface area contributed by atoms with Crippen LogP contribution >= 0.6 is 0 Å². The van der Waals surface area contributed by atoms with Crippen LogP contribution in [0, 0.1) is 5.92 Å². The summed E-state index contributed by atoms with van der Waals surface area (Å²) < 4.78 is 0. The number of hydrogen-bond donors (Lipinski definition) is 2. The molecular formula is C15H22O3. The van der Waals surface area contributed by atoms with E-state index in [2.05, 4.69) is 6.92 Å². The lowest BCUT2D eigenvalue weighted by atomic mass is 9.95. The highest BCUT2D eigenvalue weighted by Gasteiger charge is 2.12. The molecule has 0 aliphatic rings. The van der Waals surface area contributed by atoms with Crippen LogP contribution in [-0.4, -0.2) is 16.0 Å². The number of phenols is 2. The number of ketones is 1. The molecule has 1 atom stereocenters. The average Bonchev–Trinajstić information content (AvgIpc) is 2.36. The van der Waals surface area contributed by atoms with Gasteiger partial charge in [0.25, 0.3) is 0 Å². The van der Waals surface area contributed by atoms with Gasteiger partial charge >= 0.3 is 0 Å². The van der Waals surface area contributed by atoms with Gasteiger partial charge in [0.15, 0.2) is 11.5 Å². The average molecular weight is 250 g/mol. The molecule has 18 heavy (non-hydrogen) atoms. The molecule has 100 valence electrons. The highest BCUT2D eigenvalue weighted by molar-refractivity contribution is 5.80. The van der Waals surface area contributed by atoms with Crippen molar-refractivity contribution in [1.82, 2.24) is 0 Å². The molecule has 0 fully saturated rings. The highest BCUT2D eigenvalue weighted by atomic mass is 16.3. The number of carbonyl (C=O) groups excluding carboxylic acids is 1. The summed E-state index contributed by atoms with van der Waals surface area (Å²) in [5, 5.41) is 18.5. The molecule has 0 aliphatic heterocycles. The number of aromatic hydroxyl groups is 2. The van der Waals surface area contributed by atoms with E-state index in [9.17, 15) is 15.0 Å². The number of carbonyl (C=O) groups is 1. The van der Waals surface area contributed by atoms with E-state index in [1.165, 1.54) is 12.1 Å². The zero-order valence-electron chi connectivity index (χ0n) is 11.1. The van der Waals surface area contributed by atoms with E-state index in [-0.39, 0.29) is 23.2 Å². The topological polar surface area (TPSA) is 57.5 Å². The molecule has 1 aromatic rings. The molecule has 3 nitrogen and oxygen atoms in total. The molecule has 1 rings (SSSR count). The Morgan fingerprint density at radius 1 is 1.28 bits per heavy atom. The summed E-state index contributed by atoms with van der Waals surface area (Å²) in [7, 11) is 0. The fourth-order valence-electron chi connectivity index (χ4n) is 1.91. The molecule has 0 heterocycles. The molecule has 0 saturated heterocycles. The van der Waals surface area contributed by atoms with Crippen LogP contribution in [-0.2, 0) is 11.2 Å². The maximum absolute atomic E-state index is 11.9. The lowest BCUT2D eigenvalue weighted by Crippen LogP contribution is -2.11. The maximum atomic E-state index is 11.9. The summed E-state index contributed by atoms with van der Waals surface area (Å²) >= 11 is 0. The molecule has 0 spiro atoms. The molecule has 0 bridgehead atoms. The van der Waals surface area contributed by atoms with Crippen molar-refractivity contribution in [2.24, 2.45) is 5.92 Å². The minimum absolute atomic E-state index is 0.121. The second kappa shape index (κ2) is 7.04. The van der Waals surface area contributed by atoms with Crippen LogP contribution in [0.25, 0.3) is 0 Å². The van der Waals surface area contributed by atoms with Crippen molar-refractivity contribution in [3.05, 3.63) is 23.8 Å². The number of Topliss-reactive ketones (excluding diaryl/α,β-unsaturated/α-hetero) is 1. The van der Waals surface area contributed by atoms with Gasteiger partial charge in [0.2, 0.25) is 0 Å². The smallest absolute Gasteiger partial charge is 0.157 e. The van der Waals surface area contributed by atoms with Crippen molar-refractivity contribution in [3.8, 4) is 11.5 Å². The van der Waals surface area contributed by atoms with Crippen LogP contribution in [0.5, 0.6) is 11.5 Å². The van der Waals surface area contributed by atoms with E-state index < -0.39 is 0 Å². The van der Waals surface area contributed by atoms with E-state index in [0.29, 0.717) is 12.8 Å². The van der Waals surface area contributed by atoms with Gasteiger partial charge in [0.1, 0.15) is 5.78 Å². The minimum Gasteiger partial charge on any atom is -0.504 e. The maximum Gasteiger partial charge on any atom is 0.157 e. The van der Waals surface area contributed by atoms with Gasteiger partial charge in [0, 0.05) is 12.3 Å². The molecule has 0 aromatic heterocycles. The summed E-state index contributed by atoms with van der Waals surface area (Å²) in [6, 6.07) is 4.70. The van der Waals surface area contributed by atoms with Gasteiger partial charge in [-0.3, -0.25) is 4.79 Å². The molecule has 0 aliphatic carbocycles. The van der Waals surface area contributed by atoms with Crippen molar-refractivity contribution >= 4 is 5.78 Å². The van der Waals surface area contributed by atoms with Crippen LogP contribution < -0.4 is 0 Å². The summed E-state index contributed by atoms with van der Waals surface area (Å²) in [5.74, 6) is 0.145. The molecule has 3 heteroatoms. The largest absolute Gasteiger partial charge is 0.504 e. The van der Waals surface area contributed by atoms with Gasteiger partial charge in [-0.05, 0) is 30.5 Å².